The molecule has 0 spiro atoms. The van der Waals surface area contributed by atoms with E-state index in [1.54, 1.807) is 12.1 Å². The number of halogens is 1. The highest BCUT2D eigenvalue weighted by molar-refractivity contribution is 5.94. The molecular formula is C29H25FN4O. The number of nitrogens with one attached hydrogen (secondary N) is 1. The molecule has 4 aromatic rings. The SMILES string of the molecule is O=C(Nc1ccc2c(c1)Cc1ccccc1-2)C1CCCN(c2ccc(-c3ccc(F)cc3)nn2)C1. The Bertz CT molecular complexity index is 1380. The summed E-state index contributed by atoms with van der Waals surface area (Å²) in [7, 11) is 0. The molecule has 1 fully saturated rings. The van der Waals surface area contributed by atoms with E-state index < -0.39 is 0 Å². The fourth-order valence-electron chi connectivity index (χ4n) is 5.13. The summed E-state index contributed by atoms with van der Waals surface area (Å²) in [5, 5.41) is 11.9. The van der Waals surface area contributed by atoms with Crippen molar-refractivity contribution in [1.82, 2.24) is 10.2 Å². The van der Waals surface area contributed by atoms with Gasteiger partial charge in [-0.05, 0) is 90.0 Å². The number of aromatic nitrogens is 2. The second-order valence-electron chi connectivity index (χ2n) is 9.26. The maximum absolute atomic E-state index is 13.2. The largest absolute Gasteiger partial charge is 0.354 e. The molecule has 0 saturated carbocycles. The summed E-state index contributed by atoms with van der Waals surface area (Å²) in [6.45, 7) is 1.44. The average Bonchev–Trinajstić information content (AvgIpc) is 3.27. The number of nitrogens with zero attached hydrogens (tertiary/aromatic N) is 3. The second-order valence-corrected chi connectivity index (χ2v) is 9.26. The van der Waals surface area contributed by atoms with Gasteiger partial charge in [0.05, 0.1) is 11.6 Å². The third kappa shape index (κ3) is 4.28. The topological polar surface area (TPSA) is 58.1 Å². The highest BCUT2D eigenvalue weighted by Crippen LogP contribution is 2.37. The first-order valence-electron chi connectivity index (χ1n) is 12.0. The Kier molecular flexibility index (Phi) is 5.49. The van der Waals surface area contributed by atoms with Crippen molar-refractivity contribution < 1.29 is 9.18 Å². The monoisotopic (exact) mass is 464 g/mol. The Hall–Kier alpha value is -4.06. The average molecular weight is 465 g/mol. The lowest BCUT2D eigenvalue weighted by atomic mass is 9.96. The van der Waals surface area contributed by atoms with Gasteiger partial charge in [0, 0.05) is 24.3 Å². The van der Waals surface area contributed by atoms with E-state index in [4.69, 9.17) is 0 Å². The van der Waals surface area contributed by atoms with Crippen molar-refractivity contribution in [3.8, 4) is 22.4 Å². The van der Waals surface area contributed by atoms with Crippen molar-refractivity contribution in [3.63, 3.8) is 0 Å². The van der Waals surface area contributed by atoms with Gasteiger partial charge in [0.2, 0.25) is 5.91 Å². The molecule has 174 valence electrons. The summed E-state index contributed by atoms with van der Waals surface area (Å²) in [4.78, 5) is 15.2. The van der Waals surface area contributed by atoms with E-state index in [2.05, 4.69) is 56.8 Å². The normalized spacial score (nSPS) is 16.5. The summed E-state index contributed by atoms with van der Waals surface area (Å²) in [6, 6.07) is 24.7. The molecule has 6 heteroatoms. The number of piperidine rings is 1. The maximum Gasteiger partial charge on any atom is 0.229 e. The summed E-state index contributed by atoms with van der Waals surface area (Å²) in [5.74, 6) is 0.401. The number of hydrogen-bond acceptors (Lipinski definition) is 4. The molecule has 6 rings (SSSR count). The van der Waals surface area contributed by atoms with Crippen LogP contribution in [0.15, 0.2) is 78.9 Å². The molecule has 1 aliphatic heterocycles. The number of rotatable bonds is 4. The number of anilines is 2. The molecule has 0 radical (unpaired) electrons. The van der Waals surface area contributed by atoms with Gasteiger partial charge in [-0.25, -0.2) is 4.39 Å². The number of hydrogen-bond donors (Lipinski definition) is 1. The summed E-state index contributed by atoms with van der Waals surface area (Å²) in [6.07, 6.45) is 2.66. The third-order valence-electron chi connectivity index (χ3n) is 6.97. The first-order valence-corrected chi connectivity index (χ1v) is 12.0. The predicted molar refractivity (Wildman–Crippen MR) is 136 cm³/mol. The molecule has 1 saturated heterocycles. The van der Waals surface area contributed by atoms with Crippen LogP contribution in [-0.2, 0) is 11.2 Å². The Morgan fingerprint density at radius 2 is 1.74 bits per heavy atom. The molecule has 1 atom stereocenters. The van der Waals surface area contributed by atoms with E-state index in [1.807, 2.05) is 18.2 Å². The predicted octanol–water partition coefficient (Wildman–Crippen LogP) is 5.71. The van der Waals surface area contributed by atoms with Crippen molar-refractivity contribution >= 4 is 17.4 Å². The van der Waals surface area contributed by atoms with Gasteiger partial charge in [-0.2, -0.15) is 0 Å². The minimum Gasteiger partial charge on any atom is -0.354 e. The Labute approximate surface area is 203 Å². The van der Waals surface area contributed by atoms with Gasteiger partial charge in [0.25, 0.3) is 0 Å². The van der Waals surface area contributed by atoms with Gasteiger partial charge in [-0.3, -0.25) is 4.79 Å². The van der Waals surface area contributed by atoms with E-state index in [9.17, 15) is 9.18 Å². The number of amides is 1. The zero-order valence-electron chi connectivity index (χ0n) is 19.2. The minimum atomic E-state index is -0.277. The Morgan fingerprint density at radius 3 is 2.57 bits per heavy atom. The van der Waals surface area contributed by atoms with Crippen molar-refractivity contribution in [1.29, 1.82) is 0 Å². The standard InChI is InChI=1S/C29H25FN4O/c30-23-9-7-19(8-10-23)27-13-14-28(33-32-27)34-15-3-5-21(18-34)29(35)31-24-11-12-26-22(17-24)16-20-4-1-2-6-25(20)26/h1-2,4,6-14,17,21H,3,5,15-16,18H2,(H,31,35). The van der Waals surface area contributed by atoms with Crippen LogP contribution in [0.1, 0.15) is 24.0 Å². The molecule has 0 bridgehead atoms. The van der Waals surface area contributed by atoms with Crippen molar-refractivity contribution in [2.75, 3.05) is 23.3 Å². The first kappa shape index (κ1) is 21.5. The molecule has 1 aromatic heterocycles. The summed E-state index contributed by atoms with van der Waals surface area (Å²) >= 11 is 0. The van der Waals surface area contributed by atoms with Crippen LogP contribution in [0, 0.1) is 11.7 Å². The molecule has 3 aromatic carbocycles. The molecule has 1 unspecified atom stereocenters. The van der Waals surface area contributed by atoms with E-state index >= 15 is 0 Å². The quantitative estimate of drug-likeness (QED) is 0.370. The van der Waals surface area contributed by atoms with Crippen molar-refractivity contribution in [2.24, 2.45) is 5.92 Å². The van der Waals surface area contributed by atoms with E-state index in [-0.39, 0.29) is 17.6 Å². The lowest BCUT2D eigenvalue weighted by Gasteiger charge is -2.32. The van der Waals surface area contributed by atoms with Gasteiger partial charge in [0.15, 0.2) is 5.82 Å². The summed E-state index contributed by atoms with van der Waals surface area (Å²) < 4.78 is 13.2. The second kappa shape index (κ2) is 8.95. The van der Waals surface area contributed by atoms with E-state index in [0.717, 1.165) is 42.9 Å². The number of carbonyl (C=O) groups is 1. The van der Waals surface area contributed by atoms with Gasteiger partial charge in [0.1, 0.15) is 5.82 Å². The van der Waals surface area contributed by atoms with Crippen molar-refractivity contribution in [2.45, 2.75) is 19.3 Å². The third-order valence-corrected chi connectivity index (χ3v) is 6.97. The number of carbonyl (C=O) groups excluding carboxylic acids is 1. The Balaban J connectivity index is 1.12. The van der Waals surface area contributed by atoms with E-state index in [1.165, 1.54) is 34.4 Å². The van der Waals surface area contributed by atoms with Gasteiger partial charge in [-0.15, -0.1) is 10.2 Å². The van der Waals surface area contributed by atoms with Crippen LogP contribution in [0.2, 0.25) is 0 Å². The van der Waals surface area contributed by atoms with Crippen LogP contribution in [-0.4, -0.2) is 29.2 Å². The van der Waals surface area contributed by atoms with Gasteiger partial charge >= 0.3 is 0 Å². The zero-order valence-corrected chi connectivity index (χ0v) is 19.2. The van der Waals surface area contributed by atoms with Crippen LogP contribution in [0.5, 0.6) is 0 Å². The fourth-order valence-corrected chi connectivity index (χ4v) is 5.13. The van der Waals surface area contributed by atoms with Crippen LogP contribution < -0.4 is 10.2 Å². The van der Waals surface area contributed by atoms with Crippen LogP contribution in [0.4, 0.5) is 15.9 Å². The number of fused-ring (bicyclic) bond motifs is 3. The Morgan fingerprint density at radius 1 is 0.914 bits per heavy atom. The van der Waals surface area contributed by atoms with Crippen LogP contribution in [0.25, 0.3) is 22.4 Å². The highest BCUT2D eigenvalue weighted by atomic mass is 19.1. The molecule has 1 amide bonds. The zero-order chi connectivity index (χ0) is 23.8. The molecule has 2 heterocycles. The smallest absolute Gasteiger partial charge is 0.229 e. The van der Waals surface area contributed by atoms with Crippen LogP contribution >= 0.6 is 0 Å². The lowest BCUT2D eigenvalue weighted by Crippen LogP contribution is -2.41. The minimum absolute atomic E-state index is 0.0426. The maximum atomic E-state index is 13.2. The lowest BCUT2D eigenvalue weighted by molar-refractivity contribution is -0.120. The van der Waals surface area contributed by atoms with Crippen LogP contribution in [0.3, 0.4) is 0 Å². The fraction of sp³-hybridized carbons (Fsp3) is 0.207. The summed E-state index contributed by atoms with van der Waals surface area (Å²) in [5.41, 5.74) is 7.49. The van der Waals surface area contributed by atoms with Crippen molar-refractivity contribution in [3.05, 3.63) is 95.8 Å². The molecular weight excluding hydrogens is 439 g/mol. The molecule has 1 aliphatic carbocycles. The molecule has 2 aliphatic rings. The van der Waals surface area contributed by atoms with Gasteiger partial charge < -0.3 is 10.2 Å². The number of benzene rings is 3. The highest BCUT2D eigenvalue weighted by Gasteiger charge is 2.27. The van der Waals surface area contributed by atoms with E-state index in [0.29, 0.717) is 12.2 Å². The molecule has 5 nitrogen and oxygen atoms in total. The van der Waals surface area contributed by atoms with Gasteiger partial charge in [-0.1, -0.05) is 30.3 Å². The molecule has 1 N–H and O–H groups in total. The molecule has 35 heavy (non-hydrogen) atoms. The first-order chi connectivity index (χ1) is 17.1.